The molecule has 0 spiro atoms. The summed E-state index contributed by atoms with van der Waals surface area (Å²) >= 11 is 0. The highest BCUT2D eigenvalue weighted by Gasteiger charge is 2.24. The molecule has 2 aromatic rings. The van der Waals surface area contributed by atoms with E-state index in [9.17, 15) is 0 Å². The minimum atomic E-state index is 0.205. The van der Waals surface area contributed by atoms with Gasteiger partial charge >= 0.3 is 0 Å². The van der Waals surface area contributed by atoms with Gasteiger partial charge in [-0.2, -0.15) is 0 Å². The van der Waals surface area contributed by atoms with Crippen LogP contribution in [0.3, 0.4) is 0 Å². The van der Waals surface area contributed by atoms with Gasteiger partial charge in [-0.1, -0.05) is 82.7 Å². The Kier molecular flexibility index (Phi) is 3.96. The van der Waals surface area contributed by atoms with Crippen LogP contribution in [0, 0.1) is 5.92 Å². The van der Waals surface area contributed by atoms with E-state index in [0.29, 0.717) is 5.92 Å². The van der Waals surface area contributed by atoms with Crippen LogP contribution in [0.2, 0.25) is 0 Å². The summed E-state index contributed by atoms with van der Waals surface area (Å²) in [5.74, 6) is 0.575. The molecule has 0 atom stereocenters. The lowest BCUT2D eigenvalue weighted by Crippen LogP contribution is -2.10. The highest BCUT2D eigenvalue weighted by molar-refractivity contribution is 5.88. The van der Waals surface area contributed by atoms with Crippen LogP contribution in [-0.4, -0.2) is 0 Å². The lowest BCUT2D eigenvalue weighted by Gasteiger charge is -2.20. The van der Waals surface area contributed by atoms with Gasteiger partial charge in [-0.3, -0.25) is 0 Å². The maximum Gasteiger partial charge on any atom is -0.00575 e. The van der Waals surface area contributed by atoms with E-state index < -0.39 is 0 Å². The Morgan fingerprint density at radius 3 is 2.13 bits per heavy atom. The van der Waals surface area contributed by atoms with E-state index in [0.717, 1.165) is 6.42 Å². The second-order valence-electron chi connectivity index (χ2n) is 8.19. The third-order valence-electron chi connectivity index (χ3n) is 4.97. The molecule has 1 aliphatic carbocycles. The first-order valence-corrected chi connectivity index (χ1v) is 8.72. The first kappa shape index (κ1) is 16.1. The number of hydrogen-bond acceptors (Lipinski definition) is 0. The Hall–Kier alpha value is -1.82. The summed E-state index contributed by atoms with van der Waals surface area (Å²) in [4.78, 5) is 0. The van der Waals surface area contributed by atoms with Crippen LogP contribution < -0.4 is 0 Å². The Morgan fingerprint density at radius 1 is 0.913 bits per heavy atom. The van der Waals surface area contributed by atoms with Gasteiger partial charge in [0.25, 0.3) is 0 Å². The number of fused-ring (bicyclic) bond motifs is 1. The quantitative estimate of drug-likeness (QED) is 0.583. The average molecular weight is 304 g/mol. The van der Waals surface area contributed by atoms with Crippen molar-refractivity contribution in [1.29, 1.82) is 0 Å². The van der Waals surface area contributed by atoms with Gasteiger partial charge in [-0.15, -0.1) is 0 Å². The maximum absolute atomic E-state index is 2.31. The molecule has 0 N–H and O–H groups in total. The number of allylic oxidation sites excluding steroid dienone is 2. The molecule has 0 aromatic heterocycles. The predicted molar refractivity (Wildman–Crippen MR) is 102 cm³/mol. The van der Waals surface area contributed by atoms with Gasteiger partial charge < -0.3 is 0 Å². The van der Waals surface area contributed by atoms with E-state index in [-0.39, 0.29) is 5.41 Å². The van der Waals surface area contributed by atoms with Crippen molar-refractivity contribution in [3.63, 3.8) is 0 Å². The van der Waals surface area contributed by atoms with Crippen LogP contribution in [0.5, 0.6) is 0 Å². The minimum Gasteiger partial charge on any atom is -0.0648 e. The molecule has 0 radical (unpaired) electrons. The van der Waals surface area contributed by atoms with E-state index in [1.807, 2.05) is 0 Å². The van der Waals surface area contributed by atoms with Crippen LogP contribution in [-0.2, 0) is 11.8 Å². The molecular weight excluding hydrogens is 276 g/mol. The zero-order valence-electron chi connectivity index (χ0n) is 15.3. The molecule has 0 bridgehead atoms. The molecule has 0 saturated heterocycles. The fourth-order valence-corrected chi connectivity index (χ4v) is 3.83. The molecule has 0 saturated carbocycles. The van der Waals surface area contributed by atoms with E-state index in [4.69, 9.17) is 0 Å². The normalized spacial score (nSPS) is 14.6. The molecule has 2 aromatic carbocycles. The van der Waals surface area contributed by atoms with Crippen LogP contribution in [0.25, 0.3) is 16.7 Å². The molecule has 120 valence electrons. The molecule has 0 heterocycles. The molecule has 0 heteroatoms. The van der Waals surface area contributed by atoms with E-state index in [1.165, 1.54) is 33.4 Å². The Bertz CT molecular complexity index is 750. The number of rotatable bonds is 2. The second-order valence-corrected chi connectivity index (χ2v) is 8.19. The molecule has 0 amide bonds. The molecule has 1 aliphatic rings. The van der Waals surface area contributed by atoms with Crippen molar-refractivity contribution < 1.29 is 0 Å². The van der Waals surface area contributed by atoms with Gasteiger partial charge in [0.15, 0.2) is 0 Å². The highest BCUT2D eigenvalue weighted by atomic mass is 14.3. The van der Waals surface area contributed by atoms with Gasteiger partial charge in [0.1, 0.15) is 0 Å². The van der Waals surface area contributed by atoms with Crippen LogP contribution in [0.4, 0.5) is 0 Å². The van der Waals surface area contributed by atoms with Crippen molar-refractivity contribution >= 4 is 5.57 Å². The maximum atomic E-state index is 2.31. The average Bonchev–Trinajstić information content (AvgIpc) is 2.82. The van der Waals surface area contributed by atoms with Gasteiger partial charge in [-0.05, 0) is 58.1 Å². The standard InChI is InChI=1S/C23H28/c1-15(2)21-16(3)14-18-8-7-9-20(22(18)21)17-10-12-19(13-11-17)23(4,5)6/h7-13,15H,14H2,1-6H3. The Balaban J connectivity index is 2.11. The van der Waals surface area contributed by atoms with Gasteiger partial charge in [0.2, 0.25) is 0 Å². The van der Waals surface area contributed by atoms with E-state index in [1.54, 1.807) is 5.57 Å². The molecule has 0 nitrogen and oxygen atoms in total. The molecule has 3 rings (SSSR count). The van der Waals surface area contributed by atoms with Crippen LogP contribution >= 0.6 is 0 Å². The zero-order valence-corrected chi connectivity index (χ0v) is 15.3. The predicted octanol–water partition coefficient (Wildman–Crippen LogP) is 6.64. The molecule has 0 fully saturated rings. The zero-order chi connectivity index (χ0) is 16.8. The van der Waals surface area contributed by atoms with Gasteiger partial charge in [-0.25, -0.2) is 0 Å². The van der Waals surface area contributed by atoms with Crippen molar-refractivity contribution in [2.75, 3.05) is 0 Å². The summed E-state index contributed by atoms with van der Waals surface area (Å²) in [7, 11) is 0. The van der Waals surface area contributed by atoms with Crippen LogP contribution in [0.15, 0.2) is 48.0 Å². The largest absolute Gasteiger partial charge is 0.0648 e. The molecule has 23 heavy (non-hydrogen) atoms. The second kappa shape index (κ2) is 5.67. The lowest BCUT2D eigenvalue weighted by molar-refractivity contribution is 0.590. The van der Waals surface area contributed by atoms with Gasteiger partial charge in [0, 0.05) is 0 Å². The third kappa shape index (κ3) is 2.87. The first-order chi connectivity index (χ1) is 10.8. The van der Waals surface area contributed by atoms with Crippen molar-refractivity contribution in [2.45, 2.75) is 53.4 Å². The molecule has 0 unspecified atom stereocenters. The lowest BCUT2D eigenvalue weighted by atomic mass is 9.84. The summed E-state index contributed by atoms with van der Waals surface area (Å²) in [5.41, 5.74) is 10.4. The summed E-state index contributed by atoms with van der Waals surface area (Å²) in [6.07, 6.45) is 1.11. The fourth-order valence-electron chi connectivity index (χ4n) is 3.83. The monoisotopic (exact) mass is 304 g/mol. The topological polar surface area (TPSA) is 0 Å². The summed E-state index contributed by atoms with van der Waals surface area (Å²) in [5, 5.41) is 0. The molecule has 0 aliphatic heterocycles. The Labute approximate surface area is 141 Å². The summed E-state index contributed by atoms with van der Waals surface area (Å²) < 4.78 is 0. The minimum absolute atomic E-state index is 0.205. The van der Waals surface area contributed by atoms with Crippen LogP contribution in [0.1, 0.15) is 58.2 Å². The van der Waals surface area contributed by atoms with E-state index >= 15 is 0 Å². The van der Waals surface area contributed by atoms with Gasteiger partial charge in [0.05, 0.1) is 0 Å². The third-order valence-corrected chi connectivity index (χ3v) is 4.97. The van der Waals surface area contributed by atoms with Crippen molar-refractivity contribution in [2.24, 2.45) is 5.92 Å². The number of hydrogen-bond donors (Lipinski definition) is 0. The summed E-state index contributed by atoms with van der Waals surface area (Å²) in [6.45, 7) is 13.7. The van der Waals surface area contributed by atoms with Crippen molar-refractivity contribution in [1.82, 2.24) is 0 Å². The summed E-state index contributed by atoms with van der Waals surface area (Å²) in [6, 6.07) is 15.9. The Morgan fingerprint density at radius 2 is 1.57 bits per heavy atom. The number of benzene rings is 2. The molecular formula is C23H28. The van der Waals surface area contributed by atoms with E-state index in [2.05, 4.69) is 84.0 Å². The first-order valence-electron chi connectivity index (χ1n) is 8.72. The smallest absolute Gasteiger partial charge is 0.00575 e. The van der Waals surface area contributed by atoms with Crippen molar-refractivity contribution in [3.8, 4) is 11.1 Å². The van der Waals surface area contributed by atoms with Crippen molar-refractivity contribution in [3.05, 3.63) is 64.7 Å². The SMILES string of the molecule is CC1=C(C(C)C)c2c(cccc2-c2ccc(C(C)(C)C)cc2)C1. The highest BCUT2D eigenvalue weighted by Crippen LogP contribution is 2.43. The fraction of sp³-hybridized carbons (Fsp3) is 0.391.